The maximum absolute atomic E-state index is 14.1. The van der Waals surface area contributed by atoms with Gasteiger partial charge in [-0.15, -0.1) is 0 Å². The number of fused-ring (bicyclic) bond motifs is 1. The molecule has 0 aliphatic heterocycles. The summed E-state index contributed by atoms with van der Waals surface area (Å²) in [5.74, 6) is -3.26. The van der Waals surface area contributed by atoms with Gasteiger partial charge in [0, 0.05) is 25.9 Å². The third-order valence-corrected chi connectivity index (χ3v) is 4.15. The molecule has 6 nitrogen and oxygen atoms in total. The fraction of sp³-hybridized carbons (Fsp3) is 0.412. The van der Waals surface area contributed by atoms with E-state index >= 15 is 0 Å². The number of rotatable bonds is 6. The Hall–Kier alpha value is -2.48. The lowest BCUT2D eigenvalue weighted by Crippen LogP contribution is -2.32. The van der Waals surface area contributed by atoms with Gasteiger partial charge in [-0.3, -0.25) is 9.59 Å². The van der Waals surface area contributed by atoms with E-state index in [9.17, 15) is 18.4 Å². The molecule has 0 atom stereocenters. The number of benzene rings is 1. The molecule has 1 amide bonds. The molecule has 0 spiro atoms. The molecule has 1 fully saturated rings. The van der Waals surface area contributed by atoms with Crippen LogP contribution in [-0.4, -0.2) is 37.8 Å². The van der Waals surface area contributed by atoms with Gasteiger partial charge >= 0.3 is 0 Å². The van der Waals surface area contributed by atoms with E-state index in [-0.39, 0.29) is 34.8 Å². The smallest absolute Gasteiger partial charge is 0.256 e. The molecule has 25 heavy (non-hydrogen) atoms. The Labute approximate surface area is 142 Å². The molecule has 1 saturated carbocycles. The number of aromatic nitrogens is 1. The Morgan fingerprint density at radius 2 is 2.08 bits per heavy atom. The Balaban J connectivity index is 2.22. The summed E-state index contributed by atoms with van der Waals surface area (Å²) in [5, 5.41) is 2.49. The molecule has 0 bridgehead atoms. The fourth-order valence-corrected chi connectivity index (χ4v) is 2.78. The Bertz CT molecular complexity index is 891. The molecule has 1 heterocycles. The lowest BCUT2D eigenvalue weighted by atomic mass is 10.1. The maximum Gasteiger partial charge on any atom is 0.256 e. The van der Waals surface area contributed by atoms with E-state index in [1.807, 2.05) is 0 Å². The molecule has 1 aromatic carbocycles. The molecular weight excluding hydrogens is 334 g/mol. The van der Waals surface area contributed by atoms with E-state index < -0.39 is 23.0 Å². The van der Waals surface area contributed by atoms with E-state index in [1.165, 1.54) is 20.4 Å². The van der Waals surface area contributed by atoms with Crippen LogP contribution in [0.2, 0.25) is 0 Å². The van der Waals surface area contributed by atoms with Crippen LogP contribution in [0.3, 0.4) is 0 Å². The zero-order chi connectivity index (χ0) is 18.1. The van der Waals surface area contributed by atoms with Gasteiger partial charge in [-0.05, 0) is 18.9 Å². The lowest BCUT2D eigenvalue weighted by molar-refractivity contribution is 0.0935. The van der Waals surface area contributed by atoms with Crippen molar-refractivity contribution in [3.05, 3.63) is 39.7 Å². The molecule has 0 saturated heterocycles. The van der Waals surface area contributed by atoms with Crippen molar-refractivity contribution in [3.8, 4) is 5.75 Å². The van der Waals surface area contributed by atoms with Gasteiger partial charge in [0.05, 0.1) is 24.6 Å². The first-order valence-electron chi connectivity index (χ1n) is 7.87. The first-order valence-corrected chi connectivity index (χ1v) is 7.87. The summed E-state index contributed by atoms with van der Waals surface area (Å²) in [4.78, 5) is 25.0. The Morgan fingerprint density at radius 1 is 1.36 bits per heavy atom. The second-order valence-corrected chi connectivity index (χ2v) is 5.86. The highest BCUT2D eigenvalue weighted by Crippen LogP contribution is 2.40. The van der Waals surface area contributed by atoms with Gasteiger partial charge in [-0.25, -0.2) is 4.39 Å². The van der Waals surface area contributed by atoms with Crippen LogP contribution in [-0.2, 0) is 4.74 Å². The zero-order valence-electron chi connectivity index (χ0n) is 13.9. The van der Waals surface area contributed by atoms with Crippen molar-refractivity contribution >= 4 is 16.8 Å². The number of pyridine rings is 1. The summed E-state index contributed by atoms with van der Waals surface area (Å²) in [7, 11) is 2.70. The molecule has 1 aliphatic carbocycles. The molecule has 1 aliphatic rings. The average molecular weight is 352 g/mol. The first-order chi connectivity index (χ1) is 12.0. The molecule has 1 N–H and O–H groups in total. The van der Waals surface area contributed by atoms with Crippen LogP contribution in [0.4, 0.5) is 8.78 Å². The monoisotopic (exact) mass is 352 g/mol. The molecule has 134 valence electrons. The van der Waals surface area contributed by atoms with Gasteiger partial charge in [0.1, 0.15) is 5.56 Å². The second-order valence-electron chi connectivity index (χ2n) is 5.86. The maximum atomic E-state index is 14.1. The Morgan fingerprint density at radius 3 is 2.68 bits per heavy atom. The summed E-state index contributed by atoms with van der Waals surface area (Å²) in [5.41, 5.74) is -0.620. The number of hydrogen-bond donors (Lipinski definition) is 1. The van der Waals surface area contributed by atoms with Crippen LogP contribution in [0.1, 0.15) is 29.2 Å². The number of nitrogens with one attached hydrogen (secondary N) is 1. The van der Waals surface area contributed by atoms with Crippen LogP contribution < -0.4 is 15.5 Å². The van der Waals surface area contributed by atoms with E-state index in [1.54, 1.807) is 4.57 Å². The molecule has 2 aromatic rings. The highest BCUT2D eigenvalue weighted by Gasteiger charge is 2.30. The molecular formula is C17H18F2N2O4. The quantitative estimate of drug-likeness (QED) is 0.808. The minimum absolute atomic E-state index is 0.0207. The van der Waals surface area contributed by atoms with Crippen molar-refractivity contribution < 1.29 is 23.0 Å². The summed E-state index contributed by atoms with van der Waals surface area (Å²) < 4.78 is 39.5. The van der Waals surface area contributed by atoms with Crippen molar-refractivity contribution in [2.45, 2.75) is 18.9 Å². The standard InChI is InChI=1S/C17H18F2N2O4/c1-24-6-5-20-17(23)11-8-21(9-3-4-9)14-10(15(11)22)7-12(18)13(19)16(14)25-2/h7-9H,3-6H2,1-2H3,(H,20,23). The number of ether oxygens (including phenoxy) is 2. The first kappa shape index (κ1) is 17.3. The number of hydrogen-bond acceptors (Lipinski definition) is 4. The van der Waals surface area contributed by atoms with Crippen molar-refractivity contribution in [2.75, 3.05) is 27.4 Å². The van der Waals surface area contributed by atoms with Gasteiger partial charge < -0.3 is 19.4 Å². The van der Waals surface area contributed by atoms with Crippen molar-refractivity contribution in [1.29, 1.82) is 0 Å². The third kappa shape index (κ3) is 3.09. The van der Waals surface area contributed by atoms with Crippen molar-refractivity contribution in [2.24, 2.45) is 0 Å². The number of carbonyl (C=O) groups excluding carboxylic acids is 1. The van der Waals surface area contributed by atoms with Gasteiger partial charge in [-0.1, -0.05) is 0 Å². The van der Waals surface area contributed by atoms with Crippen molar-refractivity contribution in [3.63, 3.8) is 0 Å². The van der Waals surface area contributed by atoms with Gasteiger partial charge in [0.15, 0.2) is 11.6 Å². The normalized spacial score (nSPS) is 13.9. The molecule has 3 rings (SSSR count). The fourth-order valence-electron chi connectivity index (χ4n) is 2.78. The van der Waals surface area contributed by atoms with Gasteiger partial charge in [-0.2, -0.15) is 4.39 Å². The number of halogens is 2. The Kier molecular flexibility index (Phi) is 4.71. The van der Waals surface area contributed by atoms with Crippen LogP contribution in [0.15, 0.2) is 17.1 Å². The lowest BCUT2D eigenvalue weighted by Gasteiger charge is -2.16. The van der Waals surface area contributed by atoms with Crippen LogP contribution in [0, 0.1) is 11.6 Å². The summed E-state index contributed by atoms with van der Waals surface area (Å²) in [6.45, 7) is 0.529. The van der Waals surface area contributed by atoms with E-state index in [0.717, 1.165) is 18.9 Å². The number of carbonyl (C=O) groups is 1. The molecule has 1 aromatic heterocycles. The molecule has 8 heteroatoms. The summed E-state index contributed by atoms with van der Waals surface area (Å²) in [6.07, 6.45) is 3.04. The second kappa shape index (κ2) is 6.79. The van der Waals surface area contributed by atoms with Crippen molar-refractivity contribution in [1.82, 2.24) is 9.88 Å². The SMILES string of the molecule is COCCNC(=O)c1cn(C2CC2)c2c(OC)c(F)c(F)cc2c1=O. The van der Waals surface area contributed by atoms with Gasteiger partial charge in [0.2, 0.25) is 11.2 Å². The average Bonchev–Trinajstić information content (AvgIpc) is 3.42. The largest absolute Gasteiger partial charge is 0.491 e. The van der Waals surface area contributed by atoms with Crippen LogP contribution >= 0.6 is 0 Å². The third-order valence-electron chi connectivity index (χ3n) is 4.15. The minimum atomic E-state index is -1.19. The predicted octanol–water partition coefficient (Wildman–Crippen LogP) is 2.00. The number of methoxy groups -OCH3 is 2. The highest BCUT2D eigenvalue weighted by atomic mass is 19.2. The topological polar surface area (TPSA) is 69.6 Å². The summed E-state index contributed by atoms with van der Waals surface area (Å²) in [6, 6.07) is 0.841. The number of nitrogens with zero attached hydrogens (tertiary/aromatic N) is 1. The predicted molar refractivity (Wildman–Crippen MR) is 87.2 cm³/mol. The number of amides is 1. The summed E-state index contributed by atoms with van der Waals surface area (Å²) >= 11 is 0. The minimum Gasteiger partial charge on any atom is -0.491 e. The highest BCUT2D eigenvalue weighted by molar-refractivity contribution is 5.98. The zero-order valence-corrected chi connectivity index (χ0v) is 13.9. The van der Waals surface area contributed by atoms with Gasteiger partial charge in [0.25, 0.3) is 5.91 Å². The van der Waals surface area contributed by atoms with E-state index in [0.29, 0.717) is 6.61 Å². The van der Waals surface area contributed by atoms with E-state index in [2.05, 4.69) is 5.32 Å². The van der Waals surface area contributed by atoms with E-state index in [4.69, 9.17) is 9.47 Å². The van der Waals surface area contributed by atoms with Crippen LogP contribution in [0.25, 0.3) is 10.9 Å². The van der Waals surface area contributed by atoms with Crippen LogP contribution in [0.5, 0.6) is 5.75 Å². The molecule has 0 unspecified atom stereocenters. The molecule has 0 radical (unpaired) electrons.